The highest BCUT2D eigenvalue weighted by Gasteiger charge is 2.14. The average molecular weight is 258 g/mol. The van der Waals surface area contributed by atoms with Crippen molar-refractivity contribution in [3.8, 4) is 0 Å². The number of unbranched alkanes of at least 4 members (excludes halogenated alkanes) is 2. The number of hydrogen-bond donors (Lipinski definition) is 2. The number of hydrogen-bond acceptors (Lipinski definition) is 5. The number of thiophene rings is 1. The zero-order valence-electron chi connectivity index (χ0n) is 9.22. The number of amides is 1. The van der Waals surface area contributed by atoms with Gasteiger partial charge in [0.25, 0.3) is 5.91 Å². The van der Waals surface area contributed by atoms with Gasteiger partial charge in [0.1, 0.15) is 0 Å². The zero-order valence-corrected chi connectivity index (χ0v) is 10.0. The van der Waals surface area contributed by atoms with Crippen LogP contribution in [0.1, 0.15) is 28.9 Å². The SMILES string of the molecule is O=C(NCCCCCO)c1ccc([N+](=O)[O-])s1. The first kappa shape index (κ1) is 13.6. The van der Waals surface area contributed by atoms with Crippen LogP contribution in [0.15, 0.2) is 12.1 Å². The normalized spacial score (nSPS) is 10.2. The Hall–Kier alpha value is -1.47. The van der Waals surface area contributed by atoms with Crippen LogP contribution in [-0.4, -0.2) is 29.1 Å². The van der Waals surface area contributed by atoms with E-state index in [1.807, 2.05) is 0 Å². The summed E-state index contributed by atoms with van der Waals surface area (Å²) < 4.78 is 0. The van der Waals surface area contributed by atoms with E-state index in [0.717, 1.165) is 30.6 Å². The summed E-state index contributed by atoms with van der Waals surface area (Å²) in [5, 5.41) is 21.6. The molecule has 1 aromatic heterocycles. The monoisotopic (exact) mass is 258 g/mol. The number of aliphatic hydroxyl groups excluding tert-OH is 1. The first-order valence-corrected chi connectivity index (χ1v) is 6.10. The van der Waals surface area contributed by atoms with E-state index in [0.29, 0.717) is 11.4 Å². The van der Waals surface area contributed by atoms with Gasteiger partial charge >= 0.3 is 5.00 Å². The van der Waals surface area contributed by atoms with E-state index in [1.54, 1.807) is 0 Å². The molecule has 0 unspecified atom stereocenters. The Balaban J connectivity index is 2.34. The molecule has 1 aromatic rings. The van der Waals surface area contributed by atoms with E-state index in [4.69, 9.17) is 5.11 Å². The molecule has 0 aliphatic carbocycles. The molecule has 0 atom stereocenters. The molecule has 6 nitrogen and oxygen atoms in total. The summed E-state index contributed by atoms with van der Waals surface area (Å²) in [6, 6.07) is 2.77. The molecule has 0 bridgehead atoms. The maximum atomic E-state index is 11.5. The summed E-state index contributed by atoms with van der Waals surface area (Å²) >= 11 is 0.866. The van der Waals surface area contributed by atoms with Crippen LogP contribution in [0.4, 0.5) is 5.00 Å². The molecular formula is C10H14N2O4S. The first-order chi connectivity index (χ1) is 8.15. The summed E-state index contributed by atoms with van der Waals surface area (Å²) in [4.78, 5) is 21.8. The van der Waals surface area contributed by atoms with Crippen LogP contribution in [0.2, 0.25) is 0 Å². The van der Waals surface area contributed by atoms with Crippen LogP contribution >= 0.6 is 11.3 Å². The Kier molecular flexibility index (Phi) is 5.58. The number of aliphatic hydroxyl groups is 1. The van der Waals surface area contributed by atoms with Gasteiger partial charge < -0.3 is 10.4 Å². The molecule has 7 heteroatoms. The molecule has 0 spiro atoms. The Labute approximate surface area is 102 Å². The molecule has 0 fully saturated rings. The van der Waals surface area contributed by atoms with Crippen molar-refractivity contribution in [2.24, 2.45) is 0 Å². The smallest absolute Gasteiger partial charge is 0.324 e. The minimum atomic E-state index is -0.511. The Morgan fingerprint density at radius 2 is 2.18 bits per heavy atom. The topological polar surface area (TPSA) is 92.5 Å². The predicted octanol–water partition coefficient (Wildman–Crippen LogP) is 1.55. The lowest BCUT2D eigenvalue weighted by Gasteiger charge is -2.02. The fourth-order valence-electron chi connectivity index (χ4n) is 1.25. The van der Waals surface area contributed by atoms with Gasteiger partial charge in [0.2, 0.25) is 0 Å². The molecule has 0 aliphatic heterocycles. The summed E-state index contributed by atoms with van der Waals surface area (Å²) in [6.45, 7) is 0.676. The molecule has 0 saturated carbocycles. The van der Waals surface area contributed by atoms with Crippen molar-refractivity contribution in [1.29, 1.82) is 0 Å². The maximum Gasteiger partial charge on any atom is 0.324 e. The molecule has 0 radical (unpaired) electrons. The Morgan fingerprint density at radius 3 is 2.76 bits per heavy atom. The Bertz CT molecular complexity index is 391. The highest BCUT2D eigenvalue weighted by atomic mass is 32.1. The second-order valence-corrected chi connectivity index (χ2v) is 4.50. The third kappa shape index (κ3) is 4.49. The molecule has 0 aliphatic rings. The fourth-order valence-corrected chi connectivity index (χ4v) is 1.99. The van der Waals surface area contributed by atoms with Gasteiger partial charge in [-0.1, -0.05) is 11.3 Å². The lowest BCUT2D eigenvalue weighted by Crippen LogP contribution is -2.23. The van der Waals surface area contributed by atoms with Crippen molar-refractivity contribution in [1.82, 2.24) is 5.32 Å². The average Bonchev–Trinajstić information content (AvgIpc) is 2.78. The molecule has 2 N–H and O–H groups in total. The Morgan fingerprint density at radius 1 is 1.41 bits per heavy atom. The largest absolute Gasteiger partial charge is 0.396 e. The van der Waals surface area contributed by atoms with Gasteiger partial charge in [-0.15, -0.1) is 0 Å². The molecular weight excluding hydrogens is 244 g/mol. The highest BCUT2D eigenvalue weighted by Crippen LogP contribution is 2.23. The maximum absolute atomic E-state index is 11.5. The quantitative estimate of drug-likeness (QED) is 0.441. The molecule has 0 aromatic carbocycles. The second-order valence-electron chi connectivity index (χ2n) is 3.44. The van der Waals surface area contributed by atoms with Crippen LogP contribution in [0.5, 0.6) is 0 Å². The van der Waals surface area contributed by atoms with Crippen LogP contribution in [-0.2, 0) is 0 Å². The molecule has 17 heavy (non-hydrogen) atoms. The summed E-state index contributed by atoms with van der Waals surface area (Å²) in [5.74, 6) is -0.285. The number of nitro groups is 1. The summed E-state index contributed by atoms with van der Waals surface area (Å²) in [7, 11) is 0. The van der Waals surface area contributed by atoms with Gasteiger partial charge in [0.05, 0.1) is 9.80 Å². The van der Waals surface area contributed by atoms with E-state index in [9.17, 15) is 14.9 Å². The molecule has 1 heterocycles. The van der Waals surface area contributed by atoms with E-state index < -0.39 is 4.92 Å². The fraction of sp³-hybridized carbons (Fsp3) is 0.500. The molecule has 1 rings (SSSR count). The van der Waals surface area contributed by atoms with Gasteiger partial charge in [-0.3, -0.25) is 14.9 Å². The number of nitrogens with zero attached hydrogens (tertiary/aromatic N) is 1. The van der Waals surface area contributed by atoms with E-state index in [1.165, 1.54) is 12.1 Å². The van der Waals surface area contributed by atoms with E-state index >= 15 is 0 Å². The van der Waals surface area contributed by atoms with Crippen LogP contribution in [0.3, 0.4) is 0 Å². The van der Waals surface area contributed by atoms with Gasteiger partial charge in [0.15, 0.2) is 0 Å². The molecule has 1 amide bonds. The van der Waals surface area contributed by atoms with Crippen molar-refractivity contribution >= 4 is 22.2 Å². The number of carbonyl (C=O) groups excluding carboxylic acids is 1. The van der Waals surface area contributed by atoms with Crippen molar-refractivity contribution < 1.29 is 14.8 Å². The van der Waals surface area contributed by atoms with E-state index in [-0.39, 0.29) is 17.5 Å². The second kappa shape index (κ2) is 6.97. The number of carbonyl (C=O) groups is 1. The third-order valence-electron chi connectivity index (χ3n) is 2.12. The standard InChI is InChI=1S/C10H14N2O4S/c13-7-3-1-2-6-11-10(14)8-4-5-9(17-8)12(15)16/h4-5,13H,1-3,6-7H2,(H,11,14). The highest BCUT2D eigenvalue weighted by molar-refractivity contribution is 7.17. The van der Waals surface area contributed by atoms with Crippen molar-refractivity contribution in [2.45, 2.75) is 19.3 Å². The van der Waals surface area contributed by atoms with Gasteiger partial charge in [-0.25, -0.2) is 0 Å². The molecule has 94 valence electrons. The van der Waals surface area contributed by atoms with Gasteiger partial charge in [-0.05, 0) is 25.3 Å². The lowest BCUT2D eigenvalue weighted by molar-refractivity contribution is -0.380. The van der Waals surface area contributed by atoms with Gasteiger partial charge in [-0.2, -0.15) is 0 Å². The lowest BCUT2D eigenvalue weighted by atomic mass is 10.2. The molecule has 0 saturated heterocycles. The van der Waals surface area contributed by atoms with Crippen molar-refractivity contribution in [2.75, 3.05) is 13.2 Å². The van der Waals surface area contributed by atoms with Crippen LogP contribution < -0.4 is 5.32 Å². The third-order valence-corrected chi connectivity index (χ3v) is 3.15. The zero-order chi connectivity index (χ0) is 12.7. The number of nitrogens with one attached hydrogen (secondary N) is 1. The van der Waals surface area contributed by atoms with Crippen molar-refractivity contribution in [3.05, 3.63) is 27.1 Å². The van der Waals surface area contributed by atoms with Crippen LogP contribution in [0, 0.1) is 10.1 Å². The summed E-state index contributed by atoms with van der Waals surface area (Å²) in [6.07, 6.45) is 2.36. The number of rotatable bonds is 7. The minimum absolute atomic E-state index is 0.0320. The van der Waals surface area contributed by atoms with Crippen molar-refractivity contribution in [3.63, 3.8) is 0 Å². The predicted molar refractivity (Wildman–Crippen MR) is 64.2 cm³/mol. The van der Waals surface area contributed by atoms with E-state index in [2.05, 4.69) is 5.32 Å². The van der Waals surface area contributed by atoms with Gasteiger partial charge in [0, 0.05) is 19.2 Å². The van der Waals surface area contributed by atoms with Crippen LogP contribution in [0.25, 0.3) is 0 Å². The summed E-state index contributed by atoms with van der Waals surface area (Å²) in [5.41, 5.74) is 0. The first-order valence-electron chi connectivity index (χ1n) is 5.28. The minimum Gasteiger partial charge on any atom is -0.396 e.